The third kappa shape index (κ3) is 2.50. The Balaban J connectivity index is 2.95. The van der Waals surface area contributed by atoms with Gasteiger partial charge in [-0.1, -0.05) is 17.7 Å². The fraction of sp³-hybridized carbons (Fsp3) is 0.333. The molecule has 4 heteroatoms. The van der Waals surface area contributed by atoms with Gasteiger partial charge in [0.25, 0.3) is 0 Å². The highest BCUT2D eigenvalue weighted by Gasteiger charge is 2.06. The third-order valence-corrected chi connectivity index (χ3v) is 2.46. The molecule has 1 rings (SSSR count). The summed E-state index contributed by atoms with van der Waals surface area (Å²) in [5.74, 6) is 0.673. The summed E-state index contributed by atoms with van der Waals surface area (Å²) in [4.78, 5) is 2.62. The Kier molecular flexibility index (Phi) is 3.85. The van der Waals surface area contributed by atoms with Crippen LogP contribution in [0, 0.1) is 0 Å². The van der Waals surface area contributed by atoms with Gasteiger partial charge in [0.2, 0.25) is 0 Å². The topological polar surface area (TPSA) is 21.3 Å². The van der Waals surface area contributed by atoms with Crippen molar-refractivity contribution in [1.82, 2.24) is 4.84 Å². The van der Waals surface area contributed by atoms with E-state index in [0.29, 0.717) is 10.8 Å². The van der Waals surface area contributed by atoms with Gasteiger partial charge in [0.1, 0.15) is 5.75 Å². The first-order valence-electron chi connectivity index (χ1n) is 3.88. The Morgan fingerprint density at radius 2 is 2.15 bits per heavy atom. The molecule has 72 valence electrons. The van der Waals surface area contributed by atoms with Crippen LogP contribution in [0.25, 0.3) is 0 Å². The quantitative estimate of drug-likeness (QED) is 0.790. The van der Waals surface area contributed by atoms with Crippen molar-refractivity contribution in [2.75, 3.05) is 7.11 Å². The predicted octanol–water partition coefficient (Wildman–Crippen LogP) is 3.15. The Hall–Kier alpha value is -0.440. The molecule has 0 heterocycles. The summed E-state index contributed by atoms with van der Waals surface area (Å²) in [7, 11) is 1.59. The fourth-order valence-electron chi connectivity index (χ4n) is 1.01. The first-order chi connectivity index (χ1) is 6.19. The van der Waals surface area contributed by atoms with E-state index < -0.39 is 0 Å². The largest absolute Gasteiger partial charge is 0.495 e. The molecule has 1 N–H and O–H groups in total. The predicted molar refractivity (Wildman–Crippen MR) is 55.4 cm³/mol. The second kappa shape index (κ2) is 4.70. The van der Waals surface area contributed by atoms with Gasteiger partial charge in [-0.2, -0.15) is 0 Å². The normalized spacial score (nSPS) is 12.6. The van der Waals surface area contributed by atoms with E-state index in [2.05, 4.69) is 4.84 Å². The zero-order valence-corrected chi connectivity index (χ0v) is 8.99. The minimum atomic E-state index is 0.0741. The van der Waals surface area contributed by atoms with Crippen LogP contribution in [0.5, 0.6) is 5.75 Å². The van der Waals surface area contributed by atoms with Gasteiger partial charge in [-0.25, -0.2) is 4.84 Å². The molecule has 0 radical (unpaired) electrons. The summed E-state index contributed by atoms with van der Waals surface area (Å²) in [5, 5.41) is 0.596. The average molecular weight is 220 g/mol. The third-order valence-electron chi connectivity index (χ3n) is 1.84. The molecular weight excluding hydrogens is 209 g/mol. The summed E-state index contributed by atoms with van der Waals surface area (Å²) < 4.78 is 5.03. The molecule has 1 aromatic rings. The molecule has 1 unspecified atom stereocenters. The lowest BCUT2D eigenvalue weighted by Crippen LogP contribution is -2.06. The number of rotatable bonds is 3. The van der Waals surface area contributed by atoms with E-state index >= 15 is 0 Å². The van der Waals surface area contributed by atoms with Crippen LogP contribution in [0.4, 0.5) is 0 Å². The van der Waals surface area contributed by atoms with Crippen LogP contribution >= 0.6 is 23.4 Å². The monoisotopic (exact) mass is 219 g/mol. The first kappa shape index (κ1) is 10.6. The molecule has 0 aliphatic heterocycles. The second-order valence-corrected chi connectivity index (χ2v) is 3.35. The van der Waals surface area contributed by atoms with Crippen molar-refractivity contribution < 1.29 is 4.74 Å². The molecule has 0 aliphatic carbocycles. The van der Waals surface area contributed by atoms with Gasteiger partial charge >= 0.3 is 0 Å². The molecule has 13 heavy (non-hydrogen) atoms. The Morgan fingerprint density at radius 1 is 1.46 bits per heavy atom. The number of halogens is 2. The standard InChI is InChI=1S/C9H11Cl2NO/c1-6(12-11)7-3-4-9(13-2)8(10)5-7/h3-6,12H,1-2H3. The zero-order valence-electron chi connectivity index (χ0n) is 7.47. The van der Waals surface area contributed by atoms with Gasteiger partial charge < -0.3 is 4.74 Å². The molecule has 0 saturated carbocycles. The van der Waals surface area contributed by atoms with E-state index in [1.165, 1.54) is 0 Å². The van der Waals surface area contributed by atoms with E-state index in [0.717, 1.165) is 5.56 Å². The molecule has 0 amide bonds. The van der Waals surface area contributed by atoms with Gasteiger partial charge in [-0.3, -0.25) is 0 Å². The zero-order chi connectivity index (χ0) is 9.84. The van der Waals surface area contributed by atoms with Crippen LogP contribution in [-0.2, 0) is 0 Å². The highest BCUT2D eigenvalue weighted by atomic mass is 35.5. The minimum Gasteiger partial charge on any atom is -0.495 e. The molecule has 0 bridgehead atoms. The number of hydrogen-bond donors (Lipinski definition) is 1. The molecule has 0 aliphatic rings. The molecule has 0 spiro atoms. The van der Waals surface area contributed by atoms with Crippen molar-refractivity contribution in [2.24, 2.45) is 0 Å². The Labute approximate surface area is 87.9 Å². The van der Waals surface area contributed by atoms with Crippen LogP contribution in [0.3, 0.4) is 0 Å². The van der Waals surface area contributed by atoms with Gasteiger partial charge in [0.05, 0.1) is 12.1 Å². The lowest BCUT2D eigenvalue weighted by Gasteiger charge is -2.10. The van der Waals surface area contributed by atoms with Gasteiger partial charge in [0.15, 0.2) is 0 Å². The summed E-state index contributed by atoms with van der Waals surface area (Å²) in [6.45, 7) is 1.95. The smallest absolute Gasteiger partial charge is 0.137 e. The summed E-state index contributed by atoms with van der Waals surface area (Å²) >= 11 is 11.4. The van der Waals surface area contributed by atoms with E-state index in [1.807, 2.05) is 25.1 Å². The van der Waals surface area contributed by atoms with E-state index in [1.54, 1.807) is 7.11 Å². The van der Waals surface area contributed by atoms with Crippen LogP contribution in [0.15, 0.2) is 18.2 Å². The van der Waals surface area contributed by atoms with Gasteiger partial charge in [0, 0.05) is 6.04 Å². The maximum absolute atomic E-state index is 5.93. The van der Waals surface area contributed by atoms with Crippen molar-refractivity contribution in [3.63, 3.8) is 0 Å². The van der Waals surface area contributed by atoms with Crippen LogP contribution < -0.4 is 9.57 Å². The number of ether oxygens (including phenoxy) is 1. The summed E-state index contributed by atoms with van der Waals surface area (Å²) in [5.41, 5.74) is 1.03. The average Bonchev–Trinajstić information content (AvgIpc) is 2.16. The second-order valence-electron chi connectivity index (χ2n) is 2.72. The van der Waals surface area contributed by atoms with Crippen molar-refractivity contribution in [2.45, 2.75) is 13.0 Å². The minimum absolute atomic E-state index is 0.0741. The summed E-state index contributed by atoms with van der Waals surface area (Å²) in [6.07, 6.45) is 0. The molecule has 1 atom stereocenters. The van der Waals surface area contributed by atoms with E-state index in [-0.39, 0.29) is 6.04 Å². The lowest BCUT2D eigenvalue weighted by atomic mass is 10.1. The molecule has 1 aromatic carbocycles. The van der Waals surface area contributed by atoms with Crippen molar-refractivity contribution in [1.29, 1.82) is 0 Å². The SMILES string of the molecule is COc1ccc(C(C)NCl)cc1Cl. The highest BCUT2D eigenvalue weighted by molar-refractivity contribution is 6.32. The number of benzene rings is 1. The number of hydrogen-bond acceptors (Lipinski definition) is 2. The van der Waals surface area contributed by atoms with Crippen molar-refractivity contribution in [3.05, 3.63) is 28.8 Å². The lowest BCUT2D eigenvalue weighted by molar-refractivity contribution is 0.414. The Bertz CT molecular complexity index is 291. The molecule has 0 fully saturated rings. The van der Waals surface area contributed by atoms with Crippen LogP contribution in [0.2, 0.25) is 5.02 Å². The first-order valence-corrected chi connectivity index (χ1v) is 4.64. The van der Waals surface area contributed by atoms with E-state index in [4.69, 9.17) is 28.1 Å². The van der Waals surface area contributed by atoms with Gasteiger partial charge in [-0.15, -0.1) is 0 Å². The van der Waals surface area contributed by atoms with Crippen LogP contribution in [-0.4, -0.2) is 7.11 Å². The Morgan fingerprint density at radius 3 is 2.62 bits per heavy atom. The summed E-state index contributed by atoms with van der Waals surface area (Å²) in [6, 6.07) is 5.65. The van der Waals surface area contributed by atoms with Gasteiger partial charge in [-0.05, 0) is 36.4 Å². The molecule has 0 aromatic heterocycles. The van der Waals surface area contributed by atoms with Crippen molar-refractivity contribution in [3.8, 4) is 5.75 Å². The number of nitrogens with one attached hydrogen (secondary N) is 1. The fourth-order valence-corrected chi connectivity index (χ4v) is 1.41. The maximum atomic E-state index is 5.93. The van der Waals surface area contributed by atoms with Crippen LogP contribution in [0.1, 0.15) is 18.5 Å². The maximum Gasteiger partial charge on any atom is 0.137 e. The number of methoxy groups -OCH3 is 1. The molecule has 2 nitrogen and oxygen atoms in total. The van der Waals surface area contributed by atoms with E-state index in [9.17, 15) is 0 Å². The highest BCUT2D eigenvalue weighted by Crippen LogP contribution is 2.27. The molecular formula is C9H11Cl2NO. The van der Waals surface area contributed by atoms with Crippen molar-refractivity contribution >= 4 is 23.4 Å². The molecule has 0 saturated heterocycles.